The molecule has 0 bridgehead atoms. The van der Waals surface area contributed by atoms with E-state index in [-0.39, 0.29) is 0 Å². The lowest BCUT2D eigenvalue weighted by molar-refractivity contribution is 0.878. The third kappa shape index (κ3) is 3.05. The highest BCUT2D eigenvalue weighted by atomic mass is 127. The third-order valence-corrected chi connectivity index (χ3v) is 5.04. The van der Waals surface area contributed by atoms with Gasteiger partial charge in [-0.1, -0.05) is 41.9 Å². The van der Waals surface area contributed by atoms with Crippen molar-refractivity contribution < 1.29 is 0 Å². The van der Waals surface area contributed by atoms with E-state index in [1.54, 1.807) is 22.8 Å². The number of hydrogen-bond donors (Lipinski definition) is 1. The van der Waals surface area contributed by atoms with E-state index in [9.17, 15) is 0 Å². The molecule has 0 aliphatic rings. The molecule has 25 heavy (non-hydrogen) atoms. The van der Waals surface area contributed by atoms with Gasteiger partial charge in [0.25, 0.3) is 0 Å². The van der Waals surface area contributed by atoms with Crippen LogP contribution in [0.4, 0.5) is 5.95 Å². The second-order valence-electron chi connectivity index (χ2n) is 5.37. The fourth-order valence-electron chi connectivity index (χ4n) is 2.53. The summed E-state index contributed by atoms with van der Waals surface area (Å²) in [7, 11) is 0. The summed E-state index contributed by atoms with van der Waals surface area (Å²) in [5, 5.41) is 5.05. The average Bonchev–Trinajstić information content (AvgIpc) is 3.06. The van der Waals surface area contributed by atoms with Gasteiger partial charge in [0.15, 0.2) is 11.5 Å². The first kappa shape index (κ1) is 16.2. The second-order valence-corrected chi connectivity index (χ2v) is 6.86. The molecule has 8 heteroatoms. The lowest BCUT2D eigenvalue weighted by atomic mass is 10.1. The SMILES string of the molecule is Nc1nc(-c2ccccc2)c(I)c2nc(Cc3ncccc3Cl)nn12. The molecule has 0 spiro atoms. The number of benzene rings is 1. The van der Waals surface area contributed by atoms with Gasteiger partial charge in [0.05, 0.1) is 26.4 Å². The van der Waals surface area contributed by atoms with Gasteiger partial charge in [-0.25, -0.2) is 9.97 Å². The first-order chi connectivity index (χ1) is 12.1. The largest absolute Gasteiger partial charge is 0.368 e. The van der Waals surface area contributed by atoms with Gasteiger partial charge in [0.1, 0.15) is 0 Å². The number of fused-ring (bicyclic) bond motifs is 1. The van der Waals surface area contributed by atoms with Crippen molar-refractivity contribution in [1.82, 2.24) is 24.6 Å². The molecule has 3 aromatic heterocycles. The number of aromatic nitrogens is 5. The van der Waals surface area contributed by atoms with Crippen LogP contribution in [0.2, 0.25) is 5.02 Å². The summed E-state index contributed by atoms with van der Waals surface area (Å²) in [6, 6.07) is 13.5. The van der Waals surface area contributed by atoms with Crippen molar-refractivity contribution in [3.63, 3.8) is 0 Å². The van der Waals surface area contributed by atoms with Crippen LogP contribution in [0.15, 0.2) is 48.7 Å². The van der Waals surface area contributed by atoms with Gasteiger partial charge in [-0.3, -0.25) is 4.98 Å². The van der Waals surface area contributed by atoms with Crippen LogP contribution in [-0.4, -0.2) is 24.6 Å². The molecule has 0 amide bonds. The molecule has 0 fully saturated rings. The van der Waals surface area contributed by atoms with Crippen molar-refractivity contribution in [2.24, 2.45) is 0 Å². The second kappa shape index (κ2) is 6.57. The Balaban J connectivity index is 1.82. The molecular formula is C17H12ClIN6. The van der Waals surface area contributed by atoms with E-state index >= 15 is 0 Å². The van der Waals surface area contributed by atoms with E-state index in [1.165, 1.54) is 0 Å². The summed E-state index contributed by atoms with van der Waals surface area (Å²) in [6.45, 7) is 0. The quantitative estimate of drug-likeness (QED) is 0.470. The van der Waals surface area contributed by atoms with Gasteiger partial charge in [-0.15, -0.1) is 5.10 Å². The van der Waals surface area contributed by atoms with E-state index in [1.807, 2.05) is 30.3 Å². The van der Waals surface area contributed by atoms with Crippen LogP contribution < -0.4 is 5.73 Å². The van der Waals surface area contributed by atoms with Crippen LogP contribution in [0.5, 0.6) is 0 Å². The predicted molar refractivity (Wildman–Crippen MR) is 105 cm³/mol. The number of nitrogens with two attached hydrogens (primary N) is 1. The summed E-state index contributed by atoms with van der Waals surface area (Å²) >= 11 is 8.40. The molecule has 0 aliphatic carbocycles. The first-order valence-electron chi connectivity index (χ1n) is 7.49. The van der Waals surface area contributed by atoms with Crippen LogP contribution in [0.3, 0.4) is 0 Å². The molecule has 1 aromatic carbocycles. The Morgan fingerprint density at radius 3 is 2.64 bits per heavy atom. The minimum Gasteiger partial charge on any atom is -0.368 e. The molecule has 0 atom stereocenters. The van der Waals surface area contributed by atoms with E-state index in [0.717, 1.165) is 20.5 Å². The predicted octanol–water partition coefficient (Wildman–Crippen LogP) is 3.62. The van der Waals surface area contributed by atoms with Crippen LogP contribution in [0, 0.1) is 3.57 Å². The zero-order chi connectivity index (χ0) is 17.4. The van der Waals surface area contributed by atoms with E-state index in [2.05, 4.69) is 42.6 Å². The van der Waals surface area contributed by atoms with Crippen LogP contribution in [-0.2, 0) is 6.42 Å². The van der Waals surface area contributed by atoms with Gasteiger partial charge >= 0.3 is 0 Å². The van der Waals surface area contributed by atoms with Gasteiger partial charge in [-0.2, -0.15) is 4.52 Å². The van der Waals surface area contributed by atoms with E-state index < -0.39 is 0 Å². The van der Waals surface area contributed by atoms with E-state index in [4.69, 9.17) is 17.3 Å². The van der Waals surface area contributed by atoms with Gasteiger partial charge in [0, 0.05) is 11.8 Å². The van der Waals surface area contributed by atoms with Crippen molar-refractivity contribution in [3.8, 4) is 11.3 Å². The normalized spacial score (nSPS) is 11.1. The smallest absolute Gasteiger partial charge is 0.223 e. The van der Waals surface area contributed by atoms with E-state index in [0.29, 0.717) is 28.9 Å². The molecule has 3 heterocycles. The Kier molecular flexibility index (Phi) is 4.26. The van der Waals surface area contributed by atoms with Crippen molar-refractivity contribution >= 4 is 45.8 Å². The molecule has 0 radical (unpaired) electrons. The lowest BCUT2D eigenvalue weighted by Gasteiger charge is -2.06. The zero-order valence-electron chi connectivity index (χ0n) is 12.9. The highest BCUT2D eigenvalue weighted by Gasteiger charge is 2.17. The Hall–Kier alpha value is -2.26. The van der Waals surface area contributed by atoms with Crippen molar-refractivity contribution in [2.75, 3.05) is 5.73 Å². The molecule has 2 N–H and O–H groups in total. The first-order valence-corrected chi connectivity index (χ1v) is 8.94. The Labute approximate surface area is 162 Å². The maximum atomic E-state index is 6.18. The van der Waals surface area contributed by atoms with Gasteiger partial charge in [0.2, 0.25) is 5.95 Å². The molecular weight excluding hydrogens is 451 g/mol. The number of anilines is 1. The van der Waals surface area contributed by atoms with Crippen molar-refractivity contribution in [1.29, 1.82) is 0 Å². The molecule has 4 aromatic rings. The molecule has 124 valence electrons. The Morgan fingerprint density at radius 1 is 1.08 bits per heavy atom. The summed E-state index contributed by atoms with van der Waals surface area (Å²) < 4.78 is 2.45. The highest BCUT2D eigenvalue weighted by Crippen LogP contribution is 2.27. The molecule has 0 saturated carbocycles. The topological polar surface area (TPSA) is 82.0 Å². The molecule has 0 saturated heterocycles. The fraction of sp³-hybridized carbons (Fsp3) is 0.0588. The minimum atomic E-state index is 0.292. The average molecular weight is 463 g/mol. The maximum Gasteiger partial charge on any atom is 0.223 e. The van der Waals surface area contributed by atoms with Crippen LogP contribution in [0.1, 0.15) is 11.5 Å². The van der Waals surface area contributed by atoms with Gasteiger partial charge in [-0.05, 0) is 34.7 Å². The number of hydrogen-bond acceptors (Lipinski definition) is 5. The third-order valence-electron chi connectivity index (χ3n) is 3.71. The fourth-order valence-corrected chi connectivity index (χ4v) is 3.50. The monoisotopic (exact) mass is 462 g/mol. The zero-order valence-corrected chi connectivity index (χ0v) is 15.8. The number of nitrogen functional groups attached to an aromatic ring is 1. The molecule has 4 rings (SSSR count). The lowest BCUT2D eigenvalue weighted by Crippen LogP contribution is -2.05. The number of pyridine rings is 1. The summed E-state index contributed by atoms with van der Waals surface area (Å²) in [6.07, 6.45) is 2.13. The highest BCUT2D eigenvalue weighted by molar-refractivity contribution is 14.1. The maximum absolute atomic E-state index is 6.18. The Bertz CT molecular complexity index is 1060. The molecule has 0 aliphatic heterocycles. The summed E-state index contributed by atoms with van der Waals surface area (Å²) in [4.78, 5) is 13.4. The molecule has 0 unspecified atom stereocenters. The van der Waals surface area contributed by atoms with Crippen LogP contribution in [0.25, 0.3) is 16.9 Å². The van der Waals surface area contributed by atoms with Crippen molar-refractivity contribution in [2.45, 2.75) is 6.42 Å². The minimum absolute atomic E-state index is 0.292. The molecule has 6 nitrogen and oxygen atoms in total. The summed E-state index contributed by atoms with van der Waals surface area (Å²) in [5.41, 5.74) is 9.28. The standard InChI is InChI=1S/C17H12ClIN6/c18-11-7-4-8-21-12(11)9-13-22-16-14(19)15(10-5-2-1-3-6-10)23-17(20)25(16)24-13/h1-8H,9H2,(H2,20,23). The van der Waals surface area contributed by atoms with Gasteiger partial charge < -0.3 is 5.73 Å². The Morgan fingerprint density at radius 2 is 1.88 bits per heavy atom. The van der Waals surface area contributed by atoms with Crippen molar-refractivity contribution in [3.05, 3.63) is 68.8 Å². The number of nitrogens with zero attached hydrogens (tertiary/aromatic N) is 5. The number of rotatable bonds is 3. The number of halogens is 2. The van der Waals surface area contributed by atoms with Crippen LogP contribution >= 0.6 is 34.2 Å². The summed E-state index contributed by atoms with van der Waals surface area (Å²) in [5.74, 6) is 0.886.